The summed E-state index contributed by atoms with van der Waals surface area (Å²) in [4.78, 5) is 12.8. The molecule has 6 nitrogen and oxygen atoms in total. The Bertz CT molecular complexity index is 1110. The minimum Gasteiger partial charge on any atom is -0.393 e. The predicted molar refractivity (Wildman–Crippen MR) is 111 cm³/mol. The Labute approximate surface area is 165 Å². The molecule has 134 valence electrons. The molecule has 0 fully saturated rings. The molecule has 0 atom stereocenters. The van der Waals surface area contributed by atoms with Gasteiger partial charge in [0.05, 0.1) is 5.52 Å². The van der Waals surface area contributed by atoms with Crippen LogP contribution in [0.1, 0.15) is 0 Å². The van der Waals surface area contributed by atoms with Crippen LogP contribution in [0.4, 0.5) is 28.7 Å². The average molecular weight is 397 g/mol. The first-order valence-electron chi connectivity index (χ1n) is 8.04. The smallest absolute Gasteiger partial charge is 0.159 e. The van der Waals surface area contributed by atoms with Crippen molar-refractivity contribution in [2.24, 2.45) is 0 Å². The summed E-state index contributed by atoms with van der Waals surface area (Å²) in [5, 5.41) is 8.37. The van der Waals surface area contributed by atoms with Crippen LogP contribution < -0.4 is 16.4 Å². The van der Waals surface area contributed by atoms with Crippen LogP contribution in [0, 0.1) is 0 Å². The Balaban J connectivity index is 1.67. The summed E-state index contributed by atoms with van der Waals surface area (Å²) in [5.41, 5.74) is 9.04. The third-order valence-corrected chi connectivity index (χ3v) is 4.34. The number of pyridine rings is 1. The lowest BCUT2D eigenvalue weighted by Gasteiger charge is -2.14. The third kappa shape index (κ3) is 3.72. The Morgan fingerprint density at radius 1 is 0.815 bits per heavy atom. The second-order valence-electron chi connectivity index (χ2n) is 5.77. The van der Waals surface area contributed by atoms with E-state index in [1.807, 2.05) is 30.3 Å². The maximum Gasteiger partial charge on any atom is 0.159 e. The van der Waals surface area contributed by atoms with Gasteiger partial charge in [-0.15, -0.1) is 0 Å². The van der Waals surface area contributed by atoms with E-state index in [0.29, 0.717) is 33.1 Å². The van der Waals surface area contributed by atoms with E-state index in [4.69, 9.17) is 28.9 Å². The van der Waals surface area contributed by atoms with Gasteiger partial charge in [0, 0.05) is 33.0 Å². The van der Waals surface area contributed by atoms with Crippen LogP contribution in [0.5, 0.6) is 0 Å². The van der Waals surface area contributed by atoms with E-state index in [1.165, 1.54) is 6.33 Å². The lowest BCUT2D eigenvalue weighted by molar-refractivity contribution is 1.17. The molecule has 8 heteroatoms. The molecule has 2 aromatic heterocycles. The lowest BCUT2D eigenvalue weighted by Crippen LogP contribution is -2.05. The van der Waals surface area contributed by atoms with Crippen molar-refractivity contribution in [3.63, 3.8) is 0 Å². The van der Waals surface area contributed by atoms with Gasteiger partial charge in [-0.1, -0.05) is 29.3 Å². The van der Waals surface area contributed by atoms with Gasteiger partial charge in [0.25, 0.3) is 0 Å². The zero-order chi connectivity index (χ0) is 18.8. The summed E-state index contributed by atoms with van der Waals surface area (Å²) in [5.74, 6) is 0.932. The quantitative estimate of drug-likeness (QED) is 0.427. The highest BCUT2D eigenvalue weighted by Crippen LogP contribution is 2.32. The fourth-order valence-corrected chi connectivity index (χ4v) is 3.22. The number of rotatable bonds is 4. The monoisotopic (exact) mass is 396 g/mol. The topological polar surface area (TPSA) is 88.8 Å². The number of benzene rings is 2. The molecule has 0 saturated heterocycles. The molecule has 2 aromatic carbocycles. The minimum absolute atomic E-state index is 0.370. The number of nitrogens with zero attached hydrogens (tertiary/aromatic N) is 3. The molecule has 4 aromatic rings. The number of hydrogen-bond donors (Lipinski definition) is 3. The van der Waals surface area contributed by atoms with Gasteiger partial charge in [-0.05, 0) is 42.5 Å². The number of nitrogens with one attached hydrogen (secondary N) is 2. The molecular formula is C19H14Cl2N6. The number of nitrogens with two attached hydrogens (primary N) is 1. The summed E-state index contributed by atoms with van der Waals surface area (Å²) in [6.07, 6.45) is 3.18. The highest BCUT2D eigenvalue weighted by molar-refractivity contribution is 6.35. The van der Waals surface area contributed by atoms with Gasteiger partial charge in [-0.3, -0.25) is 4.98 Å². The molecule has 0 aliphatic rings. The largest absolute Gasteiger partial charge is 0.393 e. The van der Waals surface area contributed by atoms with Crippen LogP contribution in [0.25, 0.3) is 10.9 Å². The number of anilines is 5. The maximum absolute atomic E-state index is 6.27. The van der Waals surface area contributed by atoms with Crippen molar-refractivity contribution in [1.82, 2.24) is 15.0 Å². The van der Waals surface area contributed by atoms with Crippen LogP contribution in [-0.4, -0.2) is 15.0 Å². The molecule has 27 heavy (non-hydrogen) atoms. The molecule has 0 unspecified atom stereocenters. The molecule has 0 aliphatic heterocycles. The Morgan fingerprint density at radius 3 is 2.33 bits per heavy atom. The van der Waals surface area contributed by atoms with E-state index in [-0.39, 0.29) is 0 Å². The first-order chi connectivity index (χ1) is 13.1. The molecule has 0 spiro atoms. The summed E-state index contributed by atoms with van der Waals surface area (Å²) >= 11 is 12.1. The van der Waals surface area contributed by atoms with E-state index in [2.05, 4.69) is 25.6 Å². The number of nitrogen functional groups attached to an aromatic ring is 1. The van der Waals surface area contributed by atoms with Crippen LogP contribution >= 0.6 is 23.2 Å². The number of aromatic nitrogens is 3. The van der Waals surface area contributed by atoms with E-state index in [0.717, 1.165) is 16.6 Å². The number of fused-ring (bicyclic) bond motifs is 1. The van der Waals surface area contributed by atoms with Gasteiger partial charge in [-0.25, -0.2) is 9.97 Å². The van der Waals surface area contributed by atoms with Crippen LogP contribution in [-0.2, 0) is 0 Å². The van der Waals surface area contributed by atoms with Gasteiger partial charge >= 0.3 is 0 Å². The Hall–Kier alpha value is -3.09. The van der Waals surface area contributed by atoms with Gasteiger partial charge in [-0.2, -0.15) is 0 Å². The Morgan fingerprint density at radius 2 is 1.56 bits per heavy atom. The minimum atomic E-state index is 0.370. The molecule has 2 heterocycles. The normalized spacial score (nSPS) is 10.7. The molecule has 0 saturated carbocycles. The van der Waals surface area contributed by atoms with Crippen molar-refractivity contribution in [2.45, 2.75) is 0 Å². The van der Waals surface area contributed by atoms with Crippen molar-refractivity contribution < 1.29 is 0 Å². The fourth-order valence-electron chi connectivity index (χ4n) is 2.70. The SMILES string of the molecule is Nc1c(Nc2cc(Cl)cc(Cl)c2)ncnc1Nc1cccc2ncccc12. The van der Waals surface area contributed by atoms with Crippen molar-refractivity contribution in [3.8, 4) is 0 Å². The summed E-state index contributed by atoms with van der Waals surface area (Å²) in [7, 11) is 0. The van der Waals surface area contributed by atoms with Gasteiger partial charge in [0.15, 0.2) is 11.6 Å². The van der Waals surface area contributed by atoms with Crippen molar-refractivity contribution >= 4 is 62.8 Å². The highest BCUT2D eigenvalue weighted by Gasteiger charge is 2.11. The zero-order valence-corrected chi connectivity index (χ0v) is 15.5. The van der Waals surface area contributed by atoms with Crippen LogP contribution in [0.2, 0.25) is 10.0 Å². The van der Waals surface area contributed by atoms with E-state index in [9.17, 15) is 0 Å². The van der Waals surface area contributed by atoms with Crippen molar-refractivity contribution in [2.75, 3.05) is 16.4 Å². The molecule has 0 bridgehead atoms. The van der Waals surface area contributed by atoms with Gasteiger partial charge in [0.1, 0.15) is 12.0 Å². The standard InChI is InChI=1S/C19H14Cl2N6/c20-11-7-12(21)9-13(8-11)26-18-17(22)19(25-10-24-18)27-16-5-1-4-15-14(16)3-2-6-23-15/h1-10H,22H2,(H2,24,25,26,27). The first kappa shape index (κ1) is 17.3. The highest BCUT2D eigenvalue weighted by atomic mass is 35.5. The van der Waals surface area contributed by atoms with E-state index < -0.39 is 0 Å². The molecule has 0 aliphatic carbocycles. The van der Waals surface area contributed by atoms with E-state index >= 15 is 0 Å². The van der Waals surface area contributed by atoms with Crippen molar-refractivity contribution in [3.05, 3.63) is 71.1 Å². The lowest BCUT2D eigenvalue weighted by atomic mass is 10.2. The molecular weight excluding hydrogens is 383 g/mol. The van der Waals surface area contributed by atoms with Crippen LogP contribution in [0.15, 0.2) is 61.1 Å². The molecule has 0 amide bonds. The molecule has 4 rings (SSSR count). The van der Waals surface area contributed by atoms with E-state index in [1.54, 1.807) is 24.4 Å². The summed E-state index contributed by atoms with van der Waals surface area (Å²) in [6.45, 7) is 0. The van der Waals surface area contributed by atoms with Crippen molar-refractivity contribution in [1.29, 1.82) is 0 Å². The third-order valence-electron chi connectivity index (χ3n) is 3.91. The van der Waals surface area contributed by atoms with Crippen LogP contribution in [0.3, 0.4) is 0 Å². The summed E-state index contributed by atoms with van der Waals surface area (Å²) in [6, 6.07) is 14.8. The predicted octanol–water partition coefficient (Wildman–Crippen LogP) is 5.40. The number of hydrogen-bond acceptors (Lipinski definition) is 6. The fraction of sp³-hybridized carbons (Fsp3) is 0. The zero-order valence-electron chi connectivity index (χ0n) is 13.9. The Kier molecular flexibility index (Phi) is 4.66. The maximum atomic E-state index is 6.27. The second-order valence-corrected chi connectivity index (χ2v) is 6.64. The number of halogens is 2. The molecule has 0 radical (unpaired) electrons. The van der Waals surface area contributed by atoms with Gasteiger partial charge in [0.2, 0.25) is 0 Å². The average Bonchev–Trinajstić information content (AvgIpc) is 2.64. The molecule has 4 N–H and O–H groups in total. The van der Waals surface area contributed by atoms with Gasteiger partial charge < -0.3 is 16.4 Å². The first-order valence-corrected chi connectivity index (χ1v) is 8.80. The second kappa shape index (κ2) is 7.26. The summed E-state index contributed by atoms with van der Waals surface area (Å²) < 4.78 is 0.